The van der Waals surface area contributed by atoms with Gasteiger partial charge in [-0.3, -0.25) is 4.90 Å². The van der Waals surface area contributed by atoms with Crippen LogP contribution in [0.5, 0.6) is 5.75 Å². The van der Waals surface area contributed by atoms with E-state index in [1.54, 1.807) is 0 Å². The molecule has 0 bridgehead atoms. The minimum Gasteiger partial charge on any atom is -0.494 e. The molecule has 1 saturated heterocycles. The molecule has 1 N–H and O–H groups in total. The number of hydrogen-bond acceptors (Lipinski definition) is 5. The monoisotopic (exact) mass is 392 g/mol. The summed E-state index contributed by atoms with van der Waals surface area (Å²) in [6.45, 7) is 7.56. The number of ether oxygens (including phenoxy) is 2. The summed E-state index contributed by atoms with van der Waals surface area (Å²) in [5.74, 6) is 0.869. The van der Waals surface area contributed by atoms with Crippen LogP contribution in [-0.2, 0) is 11.3 Å². The maximum absolute atomic E-state index is 9.42. The largest absolute Gasteiger partial charge is 0.494 e. The highest BCUT2D eigenvalue weighted by Crippen LogP contribution is 2.27. The van der Waals surface area contributed by atoms with E-state index in [9.17, 15) is 5.11 Å². The molecule has 1 fully saturated rings. The molecule has 0 amide bonds. The Morgan fingerprint density at radius 1 is 1.10 bits per heavy atom. The van der Waals surface area contributed by atoms with E-state index in [4.69, 9.17) is 14.5 Å². The van der Waals surface area contributed by atoms with E-state index >= 15 is 0 Å². The van der Waals surface area contributed by atoms with Crippen LogP contribution in [0.1, 0.15) is 17.5 Å². The molecule has 5 heteroatoms. The molecule has 0 aliphatic carbocycles. The maximum Gasteiger partial charge on any atom is 0.119 e. The first kappa shape index (κ1) is 19.8. The lowest BCUT2D eigenvalue weighted by molar-refractivity contribution is 0.0358. The Bertz CT molecular complexity index is 967. The first-order chi connectivity index (χ1) is 14.2. The fourth-order valence-corrected chi connectivity index (χ4v) is 3.74. The highest BCUT2D eigenvalue weighted by atomic mass is 16.5. The molecule has 0 saturated carbocycles. The summed E-state index contributed by atoms with van der Waals surface area (Å²) in [6, 6.07) is 16.2. The van der Waals surface area contributed by atoms with Crippen LogP contribution in [0.3, 0.4) is 0 Å². The molecule has 29 heavy (non-hydrogen) atoms. The Balaban J connectivity index is 1.45. The normalized spacial score (nSPS) is 15.0. The van der Waals surface area contributed by atoms with Crippen LogP contribution in [-0.4, -0.2) is 54.4 Å². The molecule has 2 heterocycles. The Labute approximate surface area is 171 Å². The van der Waals surface area contributed by atoms with Gasteiger partial charge in [0.25, 0.3) is 0 Å². The van der Waals surface area contributed by atoms with Gasteiger partial charge in [-0.2, -0.15) is 0 Å². The lowest BCUT2D eigenvalue weighted by atomic mass is 10.0. The predicted octanol–water partition coefficient (Wildman–Crippen LogP) is 3.80. The van der Waals surface area contributed by atoms with Crippen molar-refractivity contribution in [1.29, 1.82) is 0 Å². The summed E-state index contributed by atoms with van der Waals surface area (Å²) in [4.78, 5) is 7.25. The Morgan fingerprint density at radius 2 is 1.97 bits per heavy atom. The number of aryl methyl sites for hydroxylation is 1. The highest BCUT2D eigenvalue weighted by Gasteiger charge is 2.10. The SMILES string of the molecule is Cc1cc(-c2cccc(OCCCN3CCOCC3)c2)nc2cc(CO)ccc12. The van der Waals surface area contributed by atoms with E-state index in [0.717, 1.165) is 72.7 Å². The van der Waals surface area contributed by atoms with Gasteiger partial charge in [-0.15, -0.1) is 0 Å². The fourth-order valence-electron chi connectivity index (χ4n) is 3.74. The second-order valence-electron chi connectivity index (χ2n) is 7.52. The van der Waals surface area contributed by atoms with Crippen molar-refractivity contribution < 1.29 is 14.6 Å². The third kappa shape index (κ3) is 4.93. The summed E-state index contributed by atoms with van der Waals surface area (Å²) in [7, 11) is 0. The quantitative estimate of drug-likeness (QED) is 0.620. The predicted molar refractivity (Wildman–Crippen MR) is 115 cm³/mol. The van der Waals surface area contributed by atoms with Crippen LogP contribution in [0.2, 0.25) is 0 Å². The van der Waals surface area contributed by atoms with Gasteiger partial charge >= 0.3 is 0 Å². The maximum atomic E-state index is 9.42. The number of fused-ring (bicyclic) bond motifs is 1. The van der Waals surface area contributed by atoms with E-state index in [-0.39, 0.29) is 6.61 Å². The first-order valence-corrected chi connectivity index (χ1v) is 10.3. The summed E-state index contributed by atoms with van der Waals surface area (Å²) in [5, 5.41) is 10.5. The zero-order chi connectivity index (χ0) is 20.1. The minimum absolute atomic E-state index is 0.0225. The first-order valence-electron chi connectivity index (χ1n) is 10.3. The van der Waals surface area contributed by atoms with Crippen LogP contribution in [0.4, 0.5) is 0 Å². The van der Waals surface area contributed by atoms with Crippen LogP contribution in [0, 0.1) is 6.92 Å². The highest BCUT2D eigenvalue weighted by molar-refractivity contribution is 5.85. The molecule has 0 atom stereocenters. The van der Waals surface area contributed by atoms with Crippen LogP contribution >= 0.6 is 0 Å². The number of aliphatic hydroxyl groups excluding tert-OH is 1. The summed E-state index contributed by atoms with van der Waals surface area (Å²) >= 11 is 0. The summed E-state index contributed by atoms with van der Waals surface area (Å²) < 4.78 is 11.4. The number of nitrogens with zero attached hydrogens (tertiary/aromatic N) is 2. The van der Waals surface area contributed by atoms with E-state index in [0.29, 0.717) is 6.61 Å². The topological polar surface area (TPSA) is 54.8 Å². The Hall–Kier alpha value is -2.47. The zero-order valence-corrected chi connectivity index (χ0v) is 16.9. The van der Waals surface area contributed by atoms with Crippen molar-refractivity contribution in [3.63, 3.8) is 0 Å². The van der Waals surface area contributed by atoms with Crippen LogP contribution < -0.4 is 4.74 Å². The second kappa shape index (κ2) is 9.35. The lowest BCUT2D eigenvalue weighted by Gasteiger charge is -2.26. The van der Waals surface area contributed by atoms with Crippen molar-refractivity contribution >= 4 is 10.9 Å². The summed E-state index contributed by atoms with van der Waals surface area (Å²) in [6.07, 6.45) is 1.00. The molecule has 5 nitrogen and oxygen atoms in total. The number of aliphatic hydroxyl groups is 1. The standard InChI is InChI=1S/C24H28N2O3/c1-18-14-23(25-24-15-19(17-27)6-7-22(18)24)20-4-2-5-21(16-20)29-11-3-8-26-9-12-28-13-10-26/h2,4-7,14-16,27H,3,8-13,17H2,1H3. The van der Waals surface area contributed by atoms with Gasteiger partial charge in [-0.25, -0.2) is 4.98 Å². The zero-order valence-electron chi connectivity index (χ0n) is 16.9. The van der Waals surface area contributed by atoms with Gasteiger partial charge in [-0.05, 0) is 48.7 Å². The van der Waals surface area contributed by atoms with Crippen molar-refractivity contribution in [1.82, 2.24) is 9.88 Å². The van der Waals surface area contributed by atoms with Gasteiger partial charge in [-0.1, -0.05) is 24.3 Å². The smallest absolute Gasteiger partial charge is 0.119 e. The third-order valence-electron chi connectivity index (χ3n) is 5.38. The van der Waals surface area contributed by atoms with Gasteiger partial charge in [0.05, 0.1) is 37.6 Å². The molecule has 4 rings (SSSR count). The summed E-state index contributed by atoms with van der Waals surface area (Å²) in [5.41, 5.74) is 4.91. The molecule has 1 aliphatic rings. The molecular formula is C24H28N2O3. The van der Waals surface area contributed by atoms with E-state index in [1.165, 1.54) is 5.56 Å². The minimum atomic E-state index is 0.0225. The molecule has 3 aromatic rings. The number of pyridine rings is 1. The Morgan fingerprint density at radius 3 is 2.79 bits per heavy atom. The number of aromatic nitrogens is 1. The third-order valence-corrected chi connectivity index (χ3v) is 5.38. The average molecular weight is 392 g/mol. The number of benzene rings is 2. The molecular weight excluding hydrogens is 364 g/mol. The van der Waals surface area contributed by atoms with E-state index in [2.05, 4.69) is 30.0 Å². The second-order valence-corrected chi connectivity index (χ2v) is 7.52. The molecule has 0 spiro atoms. The molecule has 0 radical (unpaired) electrons. The molecule has 152 valence electrons. The van der Waals surface area contributed by atoms with Gasteiger partial charge in [0.2, 0.25) is 0 Å². The molecule has 2 aromatic carbocycles. The number of rotatable bonds is 7. The van der Waals surface area contributed by atoms with E-state index < -0.39 is 0 Å². The van der Waals surface area contributed by atoms with Gasteiger partial charge in [0.15, 0.2) is 0 Å². The van der Waals surface area contributed by atoms with Crippen molar-refractivity contribution in [3.8, 4) is 17.0 Å². The van der Waals surface area contributed by atoms with E-state index in [1.807, 2.05) is 30.3 Å². The van der Waals surface area contributed by atoms with Crippen molar-refractivity contribution in [3.05, 3.63) is 59.7 Å². The van der Waals surface area contributed by atoms with Crippen LogP contribution in [0.15, 0.2) is 48.5 Å². The number of morpholine rings is 1. The molecule has 1 aromatic heterocycles. The lowest BCUT2D eigenvalue weighted by Crippen LogP contribution is -2.37. The van der Waals surface area contributed by atoms with Gasteiger partial charge in [0, 0.05) is 30.6 Å². The van der Waals surface area contributed by atoms with Crippen molar-refractivity contribution in [2.45, 2.75) is 20.0 Å². The van der Waals surface area contributed by atoms with Gasteiger partial charge in [0.1, 0.15) is 5.75 Å². The number of hydrogen-bond donors (Lipinski definition) is 1. The Kier molecular flexibility index (Phi) is 6.39. The van der Waals surface area contributed by atoms with Gasteiger partial charge < -0.3 is 14.6 Å². The van der Waals surface area contributed by atoms with Crippen molar-refractivity contribution in [2.75, 3.05) is 39.5 Å². The molecule has 1 aliphatic heterocycles. The molecule has 0 unspecified atom stereocenters. The van der Waals surface area contributed by atoms with Crippen molar-refractivity contribution in [2.24, 2.45) is 0 Å². The average Bonchev–Trinajstić information content (AvgIpc) is 2.77. The fraction of sp³-hybridized carbons (Fsp3) is 0.375. The van der Waals surface area contributed by atoms with Crippen LogP contribution in [0.25, 0.3) is 22.2 Å².